The molecule has 0 saturated heterocycles. The van der Waals surface area contributed by atoms with Crippen LogP contribution in [0, 0.1) is 0 Å². The monoisotopic (exact) mass is 386 g/mol. The fourth-order valence-corrected chi connectivity index (χ4v) is 3.05. The quantitative estimate of drug-likeness (QED) is 0.344. The van der Waals surface area contributed by atoms with E-state index in [0.29, 0.717) is 33.6 Å². The van der Waals surface area contributed by atoms with Gasteiger partial charge in [-0.15, -0.1) is 0 Å². The lowest BCUT2D eigenvalue weighted by Gasteiger charge is -2.07. The second-order valence-corrected chi connectivity index (χ2v) is 6.48. The standard InChI is InChI=1S/C24H18O5/c1-27-22-9-5-6-17-14-18(24(26)29-23(17)22)15-21(25)16-10-12-20(13-11-16)28-19-7-3-2-4-8-19/h2-14H,15H2,1H3. The molecule has 0 aliphatic heterocycles. The van der Waals surface area contributed by atoms with Crippen LogP contribution in [0.5, 0.6) is 17.2 Å². The summed E-state index contributed by atoms with van der Waals surface area (Å²) in [7, 11) is 1.51. The highest BCUT2D eigenvalue weighted by Gasteiger charge is 2.14. The molecule has 0 fully saturated rings. The summed E-state index contributed by atoms with van der Waals surface area (Å²) < 4.78 is 16.3. The Bertz CT molecular complexity index is 1210. The Kier molecular flexibility index (Phi) is 5.12. The van der Waals surface area contributed by atoms with Gasteiger partial charge in [0.25, 0.3) is 0 Å². The van der Waals surface area contributed by atoms with E-state index < -0.39 is 5.63 Å². The van der Waals surface area contributed by atoms with Gasteiger partial charge in [0.1, 0.15) is 11.5 Å². The predicted molar refractivity (Wildman–Crippen MR) is 110 cm³/mol. The molecule has 0 unspecified atom stereocenters. The Labute approximate surface area is 167 Å². The van der Waals surface area contributed by atoms with Crippen LogP contribution in [-0.4, -0.2) is 12.9 Å². The summed E-state index contributed by atoms with van der Waals surface area (Å²) in [6, 6.07) is 23.2. The third-order valence-electron chi connectivity index (χ3n) is 4.52. The van der Waals surface area contributed by atoms with Crippen LogP contribution in [0.25, 0.3) is 11.0 Å². The van der Waals surface area contributed by atoms with Crippen LogP contribution in [0.4, 0.5) is 0 Å². The number of Topliss-reactive ketones (excluding diaryl/α,β-unsaturated/α-hetero) is 1. The SMILES string of the molecule is COc1cccc2cc(CC(=O)c3ccc(Oc4ccccc4)cc3)c(=O)oc12. The van der Waals surface area contributed by atoms with Gasteiger partial charge in [-0.25, -0.2) is 4.79 Å². The van der Waals surface area contributed by atoms with E-state index in [4.69, 9.17) is 13.9 Å². The van der Waals surface area contributed by atoms with Crippen molar-refractivity contribution in [3.63, 3.8) is 0 Å². The predicted octanol–water partition coefficient (Wildman–Crippen LogP) is 5.02. The van der Waals surface area contributed by atoms with Crippen molar-refractivity contribution in [3.8, 4) is 17.2 Å². The molecule has 4 aromatic rings. The van der Waals surface area contributed by atoms with E-state index >= 15 is 0 Å². The molecule has 0 aliphatic carbocycles. The van der Waals surface area contributed by atoms with Crippen molar-refractivity contribution in [1.29, 1.82) is 0 Å². The number of carbonyl (C=O) groups excluding carboxylic acids is 1. The van der Waals surface area contributed by atoms with Crippen LogP contribution >= 0.6 is 0 Å². The molecule has 144 valence electrons. The fraction of sp³-hybridized carbons (Fsp3) is 0.0833. The number of methoxy groups -OCH3 is 1. The highest BCUT2D eigenvalue weighted by Crippen LogP contribution is 2.25. The van der Waals surface area contributed by atoms with Gasteiger partial charge in [0.2, 0.25) is 0 Å². The highest BCUT2D eigenvalue weighted by atomic mass is 16.5. The topological polar surface area (TPSA) is 65.7 Å². The fourth-order valence-electron chi connectivity index (χ4n) is 3.05. The van der Waals surface area contributed by atoms with Crippen molar-refractivity contribution in [2.24, 2.45) is 0 Å². The summed E-state index contributed by atoms with van der Waals surface area (Å²) in [6.45, 7) is 0. The Hall–Kier alpha value is -3.86. The summed E-state index contributed by atoms with van der Waals surface area (Å²) >= 11 is 0. The summed E-state index contributed by atoms with van der Waals surface area (Å²) in [5, 5.41) is 0.707. The Morgan fingerprint density at radius 2 is 1.62 bits per heavy atom. The van der Waals surface area contributed by atoms with Gasteiger partial charge in [-0.1, -0.05) is 30.3 Å². The van der Waals surface area contributed by atoms with Crippen LogP contribution in [0.15, 0.2) is 88.1 Å². The van der Waals surface area contributed by atoms with Gasteiger partial charge in [0, 0.05) is 22.9 Å². The lowest BCUT2D eigenvalue weighted by Crippen LogP contribution is -2.13. The Balaban J connectivity index is 1.53. The molecule has 0 spiro atoms. The molecule has 0 radical (unpaired) electrons. The third-order valence-corrected chi connectivity index (χ3v) is 4.52. The maximum atomic E-state index is 12.6. The summed E-state index contributed by atoms with van der Waals surface area (Å²) in [5.74, 6) is 1.65. The second-order valence-electron chi connectivity index (χ2n) is 6.48. The summed E-state index contributed by atoms with van der Waals surface area (Å²) in [6.07, 6.45) is -0.0472. The van der Waals surface area contributed by atoms with Crippen molar-refractivity contribution in [1.82, 2.24) is 0 Å². The van der Waals surface area contributed by atoms with E-state index in [1.807, 2.05) is 36.4 Å². The van der Waals surface area contributed by atoms with Gasteiger partial charge in [-0.3, -0.25) is 4.79 Å². The van der Waals surface area contributed by atoms with E-state index in [2.05, 4.69) is 0 Å². The van der Waals surface area contributed by atoms with Crippen molar-refractivity contribution >= 4 is 16.8 Å². The van der Waals surface area contributed by atoms with Crippen molar-refractivity contribution in [2.45, 2.75) is 6.42 Å². The Morgan fingerprint density at radius 3 is 2.34 bits per heavy atom. The third kappa shape index (κ3) is 4.04. The largest absolute Gasteiger partial charge is 0.493 e. The molecule has 5 heteroatoms. The molecule has 1 heterocycles. The first kappa shape index (κ1) is 18.5. The number of rotatable bonds is 6. The molecule has 0 saturated carbocycles. The minimum Gasteiger partial charge on any atom is -0.493 e. The average molecular weight is 386 g/mol. The lowest BCUT2D eigenvalue weighted by atomic mass is 10.0. The van der Waals surface area contributed by atoms with Gasteiger partial charge in [-0.2, -0.15) is 0 Å². The molecule has 0 bridgehead atoms. The van der Waals surface area contributed by atoms with Crippen molar-refractivity contribution in [2.75, 3.05) is 7.11 Å². The first-order valence-corrected chi connectivity index (χ1v) is 9.10. The van der Waals surface area contributed by atoms with Crippen LogP contribution < -0.4 is 15.1 Å². The number of hydrogen-bond donors (Lipinski definition) is 0. The molecule has 0 amide bonds. The van der Waals surface area contributed by atoms with Crippen LogP contribution in [0.2, 0.25) is 0 Å². The van der Waals surface area contributed by atoms with Crippen molar-refractivity contribution in [3.05, 3.63) is 100 Å². The molecule has 29 heavy (non-hydrogen) atoms. The molecule has 0 aliphatic rings. The highest BCUT2D eigenvalue weighted by molar-refractivity contribution is 5.98. The summed E-state index contributed by atoms with van der Waals surface area (Å²) in [5.41, 5.74) is 0.633. The molecule has 1 aromatic heterocycles. The number of ether oxygens (including phenoxy) is 2. The molecule has 4 rings (SSSR count). The zero-order valence-electron chi connectivity index (χ0n) is 15.8. The molecule has 0 N–H and O–H groups in total. The smallest absolute Gasteiger partial charge is 0.340 e. The lowest BCUT2D eigenvalue weighted by molar-refractivity contribution is 0.0992. The number of benzene rings is 3. The van der Waals surface area contributed by atoms with E-state index in [9.17, 15) is 9.59 Å². The van der Waals surface area contributed by atoms with Crippen LogP contribution in [-0.2, 0) is 6.42 Å². The van der Waals surface area contributed by atoms with E-state index in [0.717, 1.165) is 5.75 Å². The molecular weight excluding hydrogens is 368 g/mol. The number of carbonyl (C=O) groups is 1. The number of fused-ring (bicyclic) bond motifs is 1. The van der Waals surface area contributed by atoms with E-state index in [1.165, 1.54) is 7.11 Å². The number of hydrogen-bond acceptors (Lipinski definition) is 5. The number of para-hydroxylation sites is 2. The maximum absolute atomic E-state index is 12.6. The second kappa shape index (κ2) is 8.02. The zero-order valence-corrected chi connectivity index (χ0v) is 15.8. The summed E-state index contributed by atoms with van der Waals surface area (Å²) in [4.78, 5) is 25.0. The maximum Gasteiger partial charge on any atom is 0.340 e. The van der Waals surface area contributed by atoms with E-state index in [1.54, 1.807) is 42.5 Å². The normalized spacial score (nSPS) is 10.7. The Morgan fingerprint density at radius 1 is 0.897 bits per heavy atom. The minimum absolute atomic E-state index is 0.0472. The minimum atomic E-state index is -0.542. The van der Waals surface area contributed by atoms with Crippen LogP contribution in [0.1, 0.15) is 15.9 Å². The van der Waals surface area contributed by atoms with Gasteiger partial charge in [0.05, 0.1) is 7.11 Å². The molecular formula is C24H18O5. The molecule has 0 atom stereocenters. The first-order chi connectivity index (χ1) is 14.1. The number of ketones is 1. The first-order valence-electron chi connectivity index (χ1n) is 9.10. The molecule has 5 nitrogen and oxygen atoms in total. The molecule has 3 aromatic carbocycles. The van der Waals surface area contributed by atoms with Gasteiger partial charge < -0.3 is 13.9 Å². The van der Waals surface area contributed by atoms with Crippen LogP contribution in [0.3, 0.4) is 0 Å². The van der Waals surface area contributed by atoms with Gasteiger partial charge in [0.15, 0.2) is 17.1 Å². The van der Waals surface area contributed by atoms with Gasteiger partial charge >= 0.3 is 5.63 Å². The van der Waals surface area contributed by atoms with Gasteiger partial charge in [-0.05, 0) is 48.5 Å². The zero-order chi connectivity index (χ0) is 20.2. The average Bonchev–Trinajstić information content (AvgIpc) is 2.75. The van der Waals surface area contributed by atoms with Crippen molar-refractivity contribution < 1.29 is 18.7 Å². The van der Waals surface area contributed by atoms with E-state index in [-0.39, 0.29) is 12.2 Å².